The third-order valence-electron chi connectivity index (χ3n) is 5.32. The molecule has 9 heteroatoms. The Kier molecular flexibility index (Phi) is 5.98. The van der Waals surface area contributed by atoms with Crippen molar-refractivity contribution in [2.75, 3.05) is 27.9 Å². The number of hydrogen-bond donors (Lipinski definition) is 1. The van der Waals surface area contributed by atoms with Crippen molar-refractivity contribution in [1.29, 1.82) is 0 Å². The molecule has 0 saturated heterocycles. The smallest absolute Gasteiger partial charge is 0.265 e. The monoisotopic (exact) mass is 436 g/mol. The number of rotatable bonds is 8. The minimum Gasteiger partial charge on any atom is -0.496 e. The normalized spacial score (nSPS) is 11.0. The Morgan fingerprint density at radius 3 is 2.56 bits per heavy atom. The number of fused-ring (bicyclic) bond motifs is 2. The summed E-state index contributed by atoms with van der Waals surface area (Å²) in [6.07, 6.45) is 3.32. The van der Waals surface area contributed by atoms with E-state index in [4.69, 9.17) is 14.2 Å². The van der Waals surface area contributed by atoms with Gasteiger partial charge in [-0.1, -0.05) is 6.07 Å². The molecule has 0 bridgehead atoms. The number of nitrogens with zero attached hydrogens (tertiary/aromatic N) is 3. The maximum Gasteiger partial charge on any atom is 0.265 e. The van der Waals surface area contributed by atoms with E-state index in [0.717, 1.165) is 16.7 Å². The van der Waals surface area contributed by atoms with Crippen LogP contribution in [0, 0.1) is 0 Å². The fourth-order valence-electron chi connectivity index (χ4n) is 3.77. The first kappa shape index (κ1) is 21.2. The Bertz CT molecular complexity index is 1340. The zero-order valence-electron chi connectivity index (χ0n) is 18.1. The number of hydrogen-bond acceptors (Lipinski definition) is 6. The van der Waals surface area contributed by atoms with Crippen LogP contribution in [0.5, 0.6) is 17.2 Å². The summed E-state index contributed by atoms with van der Waals surface area (Å²) in [5.41, 5.74) is 1.12. The highest BCUT2D eigenvalue weighted by molar-refractivity contribution is 5.88. The first-order valence-electron chi connectivity index (χ1n) is 10.1. The molecule has 9 nitrogen and oxygen atoms in total. The third-order valence-corrected chi connectivity index (χ3v) is 5.32. The van der Waals surface area contributed by atoms with Crippen LogP contribution in [0.3, 0.4) is 0 Å². The van der Waals surface area contributed by atoms with Gasteiger partial charge in [0.15, 0.2) is 11.5 Å². The maximum absolute atomic E-state index is 13.0. The van der Waals surface area contributed by atoms with E-state index in [1.165, 1.54) is 25.1 Å². The Morgan fingerprint density at radius 1 is 1.00 bits per heavy atom. The molecule has 0 radical (unpaired) electrons. The van der Waals surface area contributed by atoms with Gasteiger partial charge in [0.2, 0.25) is 5.91 Å². The van der Waals surface area contributed by atoms with E-state index >= 15 is 0 Å². The van der Waals surface area contributed by atoms with E-state index in [1.54, 1.807) is 19.2 Å². The summed E-state index contributed by atoms with van der Waals surface area (Å²) in [6.45, 7) is 0.841. The van der Waals surface area contributed by atoms with Crippen LogP contribution in [-0.2, 0) is 17.9 Å². The van der Waals surface area contributed by atoms with Crippen LogP contribution in [-0.4, -0.2) is 47.9 Å². The van der Waals surface area contributed by atoms with Gasteiger partial charge < -0.3 is 24.1 Å². The van der Waals surface area contributed by atoms with Crippen molar-refractivity contribution in [1.82, 2.24) is 19.4 Å². The largest absolute Gasteiger partial charge is 0.496 e. The molecule has 0 atom stereocenters. The molecule has 4 rings (SSSR count). The van der Waals surface area contributed by atoms with Crippen molar-refractivity contribution in [2.45, 2.75) is 13.1 Å². The predicted molar refractivity (Wildman–Crippen MR) is 121 cm³/mol. The zero-order valence-corrected chi connectivity index (χ0v) is 18.1. The summed E-state index contributed by atoms with van der Waals surface area (Å²) in [4.78, 5) is 29.7. The highest BCUT2D eigenvalue weighted by Gasteiger charge is 2.16. The summed E-state index contributed by atoms with van der Waals surface area (Å²) in [7, 11) is 4.60. The molecule has 2 aromatic heterocycles. The zero-order chi connectivity index (χ0) is 22.7. The molecule has 2 heterocycles. The predicted octanol–water partition coefficient (Wildman–Crippen LogP) is 2.19. The maximum atomic E-state index is 13.0. The lowest BCUT2D eigenvalue weighted by Gasteiger charge is -2.12. The lowest BCUT2D eigenvalue weighted by molar-refractivity contribution is -0.121. The number of amides is 1. The van der Waals surface area contributed by atoms with Gasteiger partial charge in [0, 0.05) is 24.7 Å². The van der Waals surface area contributed by atoms with E-state index in [9.17, 15) is 9.59 Å². The van der Waals surface area contributed by atoms with Crippen LogP contribution >= 0.6 is 0 Å². The summed E-state index contributed by atoms with van der Waals surface area (Å²) >= 11 is 0. The lowest BCUT2D eigenvalue weighted by Crippen LogP contribution is -2.34. The van der Waals surface area contributed by atoms with Gasteiger partial charge in [-0.05, 0) is 30.3 Å². The fourth-order valence-corrected chi connectivity index (χ4v) is 3.77. The van der Waals surface area contributed by atoms with E-state index in [-0.39, 0.29) is 23.4 Å². The molecule has 0 aliphatic heterocycles. The SMILES string of the molecule is COc1ccc2ncn(CC(=O)NCCn3ccc4c(OC)cccc43)c(=O)c2c1OC. The number of aromatic nitrogens is 3. The molecule has 0 aliphatic rings. The number of carbonyl (C=O) groups is 1. The number of carbonyl (C=O) groups excluding carboxylic acids is 1. The van der Waals surface area contributed by atoms with Crippen LogP contribution in [0.4, 0.5) is 0 Å². The first-order chi connectivity index (χ1) is 15.6. The highest BCUT2D eigenvalue weighted by atomic mass is 16.5. The quantitative estimate of drug-likeness (QED) is 0.455. The second kappa shape index (κ2) is 9.01. The molecular weight excluding hydrogens is 412 g/mol. The highest BCUT2D eigenvalue weighted by Crippen LogP contribution is 2.32. The van der Waals surface area contributed by atoms with Crippen molar-refractivity contribution in [3.8, 4) is 17.2 Å². The van der Waals surface area contributed by atoms with Gasteiger partial charge >= 0.3 is 0 Å². The van der Waals surface area contributed by atoms with Gasteiger partial charge in [-0.2, -0.15) is 0 Å². The molecule has 0 saturated carbocycles. The number of methoxy groups -OCH3 is 3. The average Bonchev–Trinajstić information content (AvgIpc) is 3.23. The van der Waals surface area contributed by atoms with Crippen LogP contribution in [0.25, 0.3) is 21.8 Å². The van der Waals surface area contributed by atoms with Crippen molar-refractivity contribution in [3.05, 3.63) is 59.3 Å². The third kappa shape index (κ3) is 3.84. The number of benzene rings is 2. The van der Waals surface area contributed by atoms with E-state index in [2.05, 4.69) is 10.3 Å². The van der Waals surface area contributed by atoms with Crippen molar-refractivity contribution in [2.24, 2.45) is 0 Å². The molecule has 32 heavy (non-hydrogen) atoms. The van der Waals surface area contributed by atoms with Gasteiger partial charge in [-0.15, -0.1) is 0 Å². The second-order valence-electron chi connectivity index (χ2n) is 7.12. The van der Waals surface area contributed by atoms with Crippen LogP contribution in [0.2, 0.25) is 0 Å². The molecule has 0 unspecified atom stereocenters. The van der Waals surface area contributed by atoms with Crippen molar-refractivity contribution < 1.29 is 19.0 Å². The molecule has 1 amide bonds. The molecular formula is C23H24N4O5. The Morgan fingerprint density at radius 2 is 1.81 bits per heavy atom. The van der Waals surface area contributed by atoms with Crippen LogP contribution in [0.15, 0.2) is 53.7 Å². The van der Waals surface area contributed by atoms with Gasteiger partial charge in [0.05, 0.1) is 38.7 Å². The van der Waals surface area contributed by atoms with Gasteiger partial charge in [-0.3, -0.25) is 14.2 Å². The Balaban J connectivity index is 1.47. The van der Waals surface area contributed by atoms with E-state index in [1.807, 2.05) is 35.0 Å². The van der Waals surface area contributed by atoms with Crippen molar-refractivity contribution >= 4 is 27.7 Å². The topological polar surface area (TPSA) is 96.6 Å². The summed E-state index contributed by atoms with van der Waals surface area (Å²) in [5.74, 6) is 1.24. The number of ether oxygens (including phenoxy) is 3. The fraction of sp³-hybridized carbons (Fsp3) is 0.261. The van der Waals surface area contributed by atoms with Crippen LogP contribution in [0.1, 0.15) is 0 Å². The van der Waals surface area contributed by atoms with Crippen molar-refractivity contribution in [3.63, 3.8) is 0 Å². The molecule has 166 valence electrons. The molecule has 0 spiro atoms. The molecule has 2 aromatic carbocycles. The average molecular weight is 436 g/mol. The molecule has 0 fully saturated rings. The van der Waals surface area contributed by atoms with Gasteiger partial charge in [0.25, 0.3) is 5.56 Å². The Hall–Kier alpha value is -4.01. The Labute approximate surface area is 184 Å². The molecule has 1 N–H and O–H groups in total. The van der Waals surface area contributed by atoms with Gasteiger partial charge in [-0.25, -0.2) is 4.98 Å². The van der Waals surface area contributed by atoms with E-state index in [0.29, 0.717) is 30.1 Å². The molecule has 0 aliphatic carbocycles. The summed E-state index contributed by atoms with van der Waals surface area (Å²) in [6, 6.07) is 11.2. The summed E-state index contributed by atoms with van der Waals surface area (Å²) < 4.78 is 19.3. The second-order valence-corrected chi connectivity index (χ2v) is 7.12. The first-order valence-corrected chi connectivity index (χ1v) is 10.1. The lowest BCUT2D eigenvalue weighted by atomic mass is 10.2. The minimum atomic E-state index is -0.371. The minimum absolute atomic E-state index is 0.150. The standard InChI is InChI=1S/C23H24N4O5/c1-30-18-6-4-5-17-15(18)9-11-26(17)12-10-24-20(28)13-27-14-25-16-7-8-19(31-2)22(32-3)21(16)23(27)29/h4-9,11,14H,10,12-13H2,1-3H3,(H,24,28). The number of nitrogens with one attached hydrogen (secondary N) is 1. The summed E-state index contributed by atoms with van der Waals surface area (Å²) in [5, 5.41) is 4.14. The van der Waals surface area contributed by atoms with Gasteiger partial charge in [0.1, 0.15) is 17.7 Å². The molecule has 4 aromatic rings. The van der Waals surface area contributed by atoms with E-state index < -0.39 is 0 Å². The van der Waals surface area contributed by atoms with Crippen LogP contribution < -0.4 is 25.1 Å².